The van der Waals surface area contributed by atoms with Crippen molar-refractivity contribution in [2.75, 3.05) is 33.0 Å². The molecule has 1 heterocycles. The van der Waals surface area contributed by atoms with Crippen LogP contribution in [0.2, 0.25) is 5.02 Å². The monoisotopic (exact) mass is 621 g/mol. The van der Waals surface area contributed by atoms with Gasteiger partial charge < -0.3 is 38.8 Å². The normalized spacial score (nSPS) is 15.6. The van der Waals surface area contributed by atoms with Gasteiger partial charge in [0.05, 0.1) is 30.5 Å². The van der Waals surface area contributed by atoms with Crippen LogP contribution in [-0.2, 0) is 35.0 Å². The molecule has 0 aliphatic carbocycles. The molecule has 2 atom stereocenters. The molecule has 0 aromatic heterocycles. The van der Waals surface area contributed by atoms with E-state index in [2.05, 4.69) is 5.32 Å². The minimum absolute atomic E-state index is 0.0282. The molecule has 3 rings (SSSR count). The molecule has 2 unspecified atom stereocenters. The maximum atomic E-state index is 13.2. The second-order valence-electron chi connectivity index (χ2n) is 12.4. The van der Waals surface area contributed by atoms with Crippen molar-refractivity contribution in [3.05, 3.63) is 58.6 Å². The molecule has 2 aromatic rings. The quantitative estimate of drug-likeness (QED) is 0.173. The van der Waals surface area contributed by atoms with E-state index in [1.165, 1.54) is 0 Å². The molecule has 0 saturated carbocycles. The minimum atomic E-state index is -2.46. The first-order valence-electron chi connectivity index (χ1n) is 14.4. The summed E-state index contributed by atoms with van der Waals surface area (Å²) in [7, 11) is 0. The summed E-state index contributed by atoms with van der Waals surface area (Å²) in [5, 5.41) is 14.4. The van der Waals surface area contributed by atoms with Crippen LogP contribution in [0.5, 0.6) is 11.5 Å². The van der Waals surface area contributed by atoms with Crippen LogP contribution in [0.1, 0.15) is 65.7 Å². The topological polar surface area (TPSA) is 122 Å². The summed E-state index contributed by atoms with van der Waals surface area (Å²) >= 11 is 6.04. The Morgan fingerprint density at radius 1 is 0.884 bits per heavy atom. The molecule has 0 bridgehead atoms. The zero-order chi connectivity index (χ0) is 31.8. The lowest BCUT2D eigenvalue weighted by Gasteiger charge is -2.24. The van der Waals surface area contributed by atoms with Gasteiger partial charge in [0.1, 0.15) is 13.2 Å². The lowest BCUT2D eigenvalue weighted by atomic mass is 10.1. The minimum Gasteiger partial charge on any atom is -0.457 e. The van der Waals surface area contributed by atoms with Crippen molar-refractivity contribution in [1.29, 1.82) is 0 Å². The third-order valence-electron chi connectivity index (χ3n) is 6.19. The van der Waals surface area contributed by atoms with E-state index >= 15 is 0 Å². The molecule has 11 heteroatoms. The number of benzene rings is 2. The zero-order valence-corrected chi connectivity index (χ0v) is 26.8. The van der Waals surface area contributed by atoms with Crippen LogP contribution in [0.4, 0.5) is 0 Å². The number of aliphatic hydroxyl groups excluding tert-OH is 1. The molecular weight excluding hydrogens is 578 g/mol. The number of esters is 2. The highest BCUT2D eigenvalue weighted by atomic mass is 35.5. The lowest BCUT2D eigenvalue weighted by molar-refractivity contribution is -0.205. The van der Waals surface area contributed by atoms with Crippen LogP contribution in [-0.4, -0.2) is 73.0 Å². The standard InChI is InChI=1S/C32H44ClNO9/c1-21(34-20-25(35)23-9-8-10-24(33)19-23)17-22-11-12-26-27(18-22)43-32(42-26,28(36)38-13-15-40-30(2,3)4)29(37)39-14-16-41-31(5,6)7/h8-12,18-19,21,25,34-35H,13-17,20H2,1-7H3. The number of carbonyl (C=O) groups is 2. The van der Waals surface area contributed by atoms with Gasteiger partial charge in [-0.2, -0.15) is 0 Å². The Bertz CT molecular complexity index is 1200. The smallest absolute Gasteiger partial charge is 0.453 e. The molecular formula is C32H44ClNO9. The van der Waals surface area contributed by atoms with Gasteiger partial charge in [0.2, 0.25) is 0 Å². The molecule has 2 N–H and O–H groups in total. The van der Waals surface area contributed by atoms with Crippen molar-refractivity contribution in [3.8, 4) is 11.5 Å². The van der Waals surface area contributed by atoms with Gasteiger partial charge in [-0.05, 0) is 90.3 Å². The highest BCUT2D eigenvalue weighted by Gasteiger charge is 2.60. The van der Waals surface area contributed by atoms with E-state index < -0.39 is 35.0 Å². The van der Waals surface area contributed by atoms with Gasteiger partial charge in [0.15, 0.2) is 11.5 Å². The van der Waals surface area contributed by atoms with Crippen molar-refractivity contribution in [1.82, 2.24) is 5.32 Å². The van der Waals surface area contributed by atoms with Gasteiger partial charge in [0.25, 0.3) is 0 Å². The van der Waals surface area contributed by atoms with E-state index in [1.54, 1.807) is 30.3 Å². The van der Waals surface area contributed by atoms with Gasteiger partial charge in [-0.15, -0.1) is 0 Å². The van der Waals surface area contributed by atoms with Crippen LogP contribution in [0.25, 0.3) is 0 Å². The van der Waals surface area contributed by atoms with E-state index in [0.29, 0.717) is 18.0 Å². The van der Waals surface area contributed by atoms with Gasteiger partial charge in [-0.25, -0.2) is 9.59 Å². The van der Waals surface area contributed by atoms with E-state index in [-0.39, 0.29) is 44.0 Å². The number of aliphatic hydroxyl groups is 1. The summed E-state index contributed by atoms with van der Waals surface area (Å²) in [6.45, 7) is 13.6. The molecule has 43 heavy (non-hydrogen) atoms. The van der Waals surface area contributed by atoms with Crippen molar-refractivity contribution in [2.24, 2.45) is 0 Å². The zero-order valence-electron chi connectivity index (χ0n) is 26.0. The Labute approximate surface area is 258 Å². The Morgan fingerprint density at radius 3 is 2.02 bits per heavy atom. The molecule has 1 aliphatic rings. The number of hydrogen-bond donors (Lipinski definition) is 2. The Hall–Kier alpha value is -2.89. The van der Waals surface area contributed by atoms with Crippen LogP contribution < -0.4 is 14.8 Å². The van der Waals surface area contributed by atoms with Gasteiger partial charge in [0, 0.05) is 17.6 Å². The molecule has 2 aromatic carbocycles. The largest absolute Gasteiger partial charge is 0.457 e. The van der Waals surface area contributed by atoms with Crippen molar-refractivity contribution in [3.63, 3.8) is 0 Å². The number of carbonyl (C=O) groups excluding carboxylic acids is 2. The maximum absolute atomic E-state index is 13.2. The Balaban J connectivity index is 1.66. The average Bonchev–Trinajstić information content (AvgIpc) is 3.31. The molecule has 0 saturated heterocycles. The summed E-state index contributed by atoms with van der Waals surface area (Å²) in [6.07, 6.45) is -0.159. The molecule has 0 amide bonds. The van der Waals surface area contributed by atoms with Crippen LogP contribution in [0.15, 0.2) is 42.5 Å². The van der Waals surface area contributed by atoms with Crippen molar-refractivity contribution >= 4 is 23.5 Å². The molecule has 238 valence electrons. The third kappa shape index (κ3) is 10.7. The number of halogens is 1. The fourth-order valence-electron chi connectivity index (χ4n) is 4.15. The van der Waals surface area contributed by atoms with Crippen molar-refractivity contribution < 1.29 is 43.1 Å². The van der Waals surface area contributed by atoms with Crippen molar-refractivity contribution in [2.45, 2.75) is 84.0 Å². The third-order valence-corrected chi connectivity index (χ3v) is 6.43. The molecule has 0 fully saturated rings. The average molecular weight is 622 g/mol. The highest BCUT2D eigenvalue weighted by molar-refractivity contribution is 6.30. The highest BCUT2D eigenvalue weighted by Crippen LogP contribution is 2.41. The fraction of sp³-hybridized carbons (Fsp3) is 0.562. The van der Waals surface area contributed by atoms with E-state index in [0.717, 1.165) is 11.1 Å². The molecule has 10 nitrogen and oxygen atoms in total. The number of ether oxygens (including phenoxy) is 6. The molecule has 0 radical (unpaired) electrons. The lowest BCUT2D eigenvalue weighted by Crippen LogP contribution is -2.56. The predicted molar refractivity (Wildman–Crippen MR) is 161 cm³/mol. The van der Waals surface area contributed by atoms with E-state index in [4.69, 9.17) is 40.0 Å². The number of hydrogen-bond acceptors (Lipinski definition) is 10. The SMILES string of the molecule is CC(Cc1ccc2c(c1)OC(C(=O)OCCOC(C)(C)C)(C(=O)OCCOC(C)(C)C)O2)NCC(O)c1cccc(Cl)c1. The van der Waals surface area contributed by atoms with Crippen LogP contribution >= 0.6 is 11.6 Å². The summed E-state index contributed by atoms with van der Waals surface area (Å²) in [6, 6.07) is 12.2. The first-order chi connectivity index (χ1) is 20.1. The number of rotatable bonds is 14. The second-order valence-corrected chi connectivity index (χ2v) is 12.8. The first kappa shape index (κ1) is 34.6. The van der Waals surface area contributed by atoms with Crippen LogP contribution in [0.3, 0.4) is 0 Å². The summed E-state index contributed by atoms with van der Waals surface area (Å²) in [5.41, 5.74) is 0.722. The van der Waals surface area contributed by atoms with Crippen LogP contribution in [0, 0.1) is 0 Å². The molecule has 1 aliphatic heterocycles. The number of fused-ring (bicyclic) bond motifs is 1. The molecule has 0 spiro atoms. The maximum Gasteiger partial charge on any atom is 0.453 e. The fourth-order valence-corrected chi connectivity index (χ4v) is 4.35. The second kappa shape index (κ2) is 14.7. The van der Waals surface area contributed by atoms with Gasteiger partial charge in [-0.1, -0.05) is 29.8 Å². The summed E-state index contributed by atoms with van der Waals surface area (Å²) in [5.74, 6) is -4.15. The number of nitrogens with one attached hydrogen (secondary N) is 1. The summed E-state index contributed by atoms with van der Waals surface area (Å²) < 4.78 is 33.6. The Kier molecular flexibility index (Phi) is 11.8. The van der Waals surface area contributed by atoms with E-state index in [1.807, 2.05) is 60.6 Å². The van der Waals surface area contributed by atoms with Gasteiger partial charge >= 0.3 is 17.7 Å². The predicted octanol–water partition coefficient (Wildman–Crippen LogP) is 4.78. The van der Waals surface area contributed by atoms with E-state index in [9.17, 15) is 14.7 Å². The summed E-state index contributed by atoms with van der Waals surface area (Å²) in [4.78, 5) is 26.5. The van der Waals surface area contributed by atoms with Gasteiger partial charge in [-0.3, -0.25) is 0 Å². The first-order valence-corrected chi connectivity index (χ1v) is 14.8. The Morgan fingerprint density at radius 2 is 1.47 bits per heavy atom.